The fraction of sp³-hybridized carbons (Fsp3) is 0.219. The van der Waals surface area contributed by atoms with Gasteiger partial charge in [-0.3, -0.25) is 5.41 Å². The Balaban J connectivity index is 1.84. The van der Waals surface area contributed by atoms with Gasteiger partial charge in [-0.15, -0.1) is 0 Å². The number of aryl methyl sites for hydroxylation is 1. The van der Waals surface area contributed by atoms with Gasteiger partial charge in [0.15, 0.2) is 0 Å². The van der Waals surface area contributed by atoms with Gasteiger partial charge in [-0.2, -0.15) is 0 Å². The van der Waals surface area contributed by atoms with E-state index < -0.39 is 0 Å². The van der Waals surface area contributed by atoms with Crippen LogP contribution in [0, 0.1) is 12.3 Å². The van der Waals surface area contributed by atoms with Crippen molar-refractivity contribution < 1.29 is 4.74 Å². The van der Waals surface area contributed by atoms with Crippen molar-refractivity contribution in [1.29, 1.82) is 5.41 Å². The van der Waals surface area contributed by atoms with Crippen LogP contribution in [0.2, 0.25) is 0 Å². The first-order valence-electron chi connectivity index (χ1n) is 12.1. The molecule has 0 bridgehead atoms. The molecule has 0 unspecified atom stereocenters. The molecule has 3 heteroatoms. The van der Waals surface area contributed by atoms with Gasteiger partial charge in [-0.25, -0.2) is 0 Å². The van der Waals surface area contributed by atoms with Gasteiger partial charge in [0.05, 0.1) is 12.2 Å². The standard InChI is InChI=1S/C32H33NOS/c1-6-34-31(33)29-25(16-13-23-14-17-26(18-15-23)32(3,4)5)21-24-9-7-8-10-28(24)30(29)35-27-19-11-22(2)12-20-27/h7-21,33H,6H2,1-5H3. The summed E-state index contributed by atoms with van der Waals surface area (Å²) in [5.41, 5.74) is 5.62. The first kappa shape index (κ1) is 24.8. The maximum Gasteiger partial charge on any atom is 0.214 e. The van der Waals surface area contributed by atoms with E-state index in [1.807, 2.05) is 6.92 Å². The minimum absolute atomic E-state index is 0.127. The lowest BCUT2D eigenvalue weighted by Crippen LogP contribution is -2.10. The zero-order valence-corrected chi connectivity index (χ0v) is 22.0. The van der Waals surface area contributed by atoms with Gasteiger partial charge in [-0.1, -0.05) is 111 Å². The van der Waals surface area contributed by atoms with Crippen LogP contribution in [0.4, 0.5) is 0 Å². The molecule has 0 spiro atoms. The van der Waals surface area contributed by atoms with Crippen molar-refractivity contribution in [3.8, 4) is 0 Å². The number of benzene rings is 4. The second kappa shape index (κ2) is 10.5. The second-order valence-electron chi connectivity index (χ2n) is 9.77. The number of rotatable bonds is 6. The molecule has 4 aromatic rings. The summed E-state index contributed by atoms with van der Waals surface area (Å²) in [5, 5.41) is 11.1. The lowest BCUT2D eigenvalue weighted by Gasteiger charge is -2.19. The third-order valence-electron chi connectivity index (χ3n) is 6.02. The van der Waals surface area contributed by atoms with E-state index >= 15 is 0 Å². The van der Waals surface area contributed by atoms with Crippen molar-refractivity contribution in [2.75, 3.05) is 6.61 Å². The van der Waals surface area contributed by atoms with Crippen LogP contribution >= 0.6 is 11.8 Å². The van der Waals surface area contributed by atoms with Crippen LogP contribution in [0.25, 0.3) is 22.9 Å². The average Bonchev–Trinajstić information content (AvgIpc) is 2.84. The molecule has 0 aliphatic carbocycles. The predicted molar refractivity (Wildman–Crippen MR) is 152 cm³/mol. The van der Waals surface area contributed by atoms with Gasteiger partial charge in [-0.05, 0) is 64.9 Å². The molecule has 0 aromatic heterocycles. The highest BCUT2D eigenvalue weighted by molar-refractivity contribution is 7.99. The van der Waals surface area contributed by atoms with Crippen molar-refractivity contribution in [2.24, 2.45) is 0 Å². The van der Waals surface area contributed by atoms with E-state index in [2.05, 4.69) is 119 Å². The third kappa shape index (κ3) is 5.86. The fourth-order valence-corrected chi connectivity index (χ4v) is 5.14. The molecular formula is C32H33NOS. The highest BCUT2D eigenvalue weighted by Gasteiger charge is 2.19. The fourth-order valence-electron chi connectivity index (χ4n) is 4.03. The van der Waals surface area contributed by atoms with Crippen molar-refractivity contribution >= 4 is 40.6 Å². The molecule has 0 aliphatic heterocycles. The van der Waals surface area contributed by atoms with Crippen molar-refractivity contribution in [2.45, 2.75) is 49.8 Å². The van der Waals surface area contributed by atoms with Crippen LogP contribution in [0.5, 0.6) is 0 Å². The number of hydrogen-bond acceptors (Lipinski definition) is 3. The molecule has 2 nitrogen and oxygen atoms in total. The van der Waals surface area contributed by atoms with Gasteiger partial charge in [0.25, 0.3) is 0 Å². The number of hydrogen-bond donors (Lipinski definition) is 1. The maximum absolute atomic E-state index is 8.80. The van der Waals surface area contributed by atoms with E-state index in [9.17, 15) is 0 Å². The van der Waals surface area contributed by atoms with Gasteiger partial charge in [0.2, 0.25) is 5.90 Å². The van der Waals surface area contributed by atoms with Crippen LogP contribution in [0.15, 0.2) is 88.7 Å². The highest BCUT2D eigenvalue weighted by atomic mass is 32.2. The lowest BCUT2D eigenvalue weighted by molar-refractivity contribution is 0.325. The van der Waals surface area contributed by atoms with Gasteiger partial charge < -0.3 is 4.74 Å². The zero-order chi connectivity index (χ0) is 25.0. The summed E-state index contributed by atoms with van der Waals surface area (Å²) in [6.45, 7) is 11.2. The Kier molecular flexibility index (Phi) is 7.47. The van der Waals surface area contributed by atoms with Gasteiger partial charge >= 0.3 is 0 Å². The number of fused-ring (bicyclic) bond motifs is 1. The Morgan fingerprint density at radius 3 is 2.26 bits per heavy atom. The molecule has 0 radical (unpaired) electrons. The molecule has 1 N–H and O–H groups in total. The zero-order valence-electron chi connectivity index (χ0n) is 21.2. The van der Waals surface area contributed by atoms with E-state index in [0.717, 1.165) is 37.3 Å². The molecule has 0 atom stereocenters. The molecule has 0 aliphatic rings. The van der Waals surface area contributed by atoms with Crippen molar-refractivity contribution in [1.82, 2.24) is 0 Å². The molecule has 4 aromatic carbocycles. The summed E-state index contributed by atoms with van der Waals surface area (Å²) in [7, 11) is 0. The minimum Gasteiger partial charge on any atom is -0.478 e. The maximum atomic E-state index is 8.80. The Bertz CT molecular complexity index is 1360. The SMILES string of the molecule is CCOC(=N)c1c(C=Cc2ccc(C(C)(C)C)cc2)cc2ccccc2c1Sc1ccc(C)cc1. The van der Waals surface area contributed by atoms with Gasteiger partial charge in [0.1, 0.15) is 0 Å². The molecule has 0 amide bonds. The minimum atomic E-state index is 0.127. The quantitative estimate of drug-likeness (QED) is 0.170. The lowest BCUT2D eigenvalue weighted by atomic mass is 9.86. The molecule has 178 valence electrons. The molecule has 0 heterocycles. The molecule has 0 saturated carbocycles. The van der Waals surface area contributed by atoms with Crippen LogP contribution in [-0.2, 0) is 10.2 Å². The topological polar surface area (TPSA) is 33.1 Å². The second-order valence-corrected chi connectivity index (χ2v) is 10.9. The largest absolute Gasteiger partial charge is 0.478 e. The third-order valence-corrected chi connectivity index (χ3v) is 7.16. The summed E-state index contributed by atoms with van der Waals surface area (Å²) in [6, 6.07) is 27.8. The van der Waals surface area contributed by atoms with Crippen LogP contribution in [0.3, 0.4) is 0 Å². The van der Waals surface area contributed by atoms with E-state index in [1.54, 1.807) is 11.8 Å². The molecular weight excluding hydrogens is 446 g/mol. The monoisotopic (exact) mass is 479 g/mol. The first-order chi connectivity index (χ1) is 16.8. The predicted octanol–water partition coefficient (Wildman–Crippen LogP) is 9.13. The normalized spacial score (nSPS) is 11.8. The summed E-state index contributed by atoms with van der Waals surface area (Å²) in [5.74, 6) is 0.204. The molecule has 0 fully saturated rings. The molecule has 4 rings (SSSR count). The Hall–Kier alpha value is -3.30. The average molecular weight is 480 g/mol. The van der Waals surface area contributed by atoms with Crippen molar-refractivity contribution in [3.63, 3.8) is 0 Å². The molecule has 0 saturated heterocycles. The van der Waals surface area contributed by atoms with Crippen molar-refractivity contribution in [3.05, 3.63) is 107 Å². The summed E-state index contributed by atoms with van der Waals surface area (Å²) >= 11 is 1.69. The first-order valence-corrected chi connectivity index (χ1v) is 12.9. The summed E-state index contributed by atoms with van der Waals surface area (Å²) in [4.78, 5) is 2.19. The summed E-state index contributed by atoms with van der Waals surface area (Å²) < 4.78 is 5.76. The smallest absolute Gasteiger partial charge is 0.214 e. The summed E-state index contributed by atoms with van der Waals surface area (Å²) in [6.07, 6.45) is 4.24. The Labute approximate surface area is 213 Å². The van der Waals surface area contributed by atoms with E-state index in [0.29, 0.717) is 6.61 Å². The van der Waals surface area contributed by atoms with Crippen LogP contribution in [0.1, 0.15) is 55.5 Å². The highest BCUT2D eigenvalue weighted by Crippen LogP contribution is 2.39. The van der Waals surface area contributed by atoms with E-state index in [-0.39, 0.29) is 11.3 Å². The number of nitrogens with one attached hydrogen (secondary N) is 1. The number of ether oxygens (including phenoxy) is 1. The Morgan fingerprint density at radius 2 is 1.60 bits per heavy atom. The van der Waals surface area contributed by atoms with Gasteiger partial charge in [0, 0.05) is 9.79 Å². The van der Waals surface area contributed by atoms with Crippen LogP contribution < -0.4 is 0 Å². The van der Waals surface area contributed by atoms with E-state index in [1.165, 1.54) is 11.1 Å². The molecule has 35 heavy (non-hydrogen) atoms. The van der Waals surface area contributed by atoms with Crippen LogP contribution in [-0.4, -0.2) is 12.5 Å². The van der Waals surface area contributed by atoms with E-state index in [4.69, 9.17) is 10.1 Å². The Morgan fingerprint density at radius 1 is 0.914 bits per heavy atom.